The smallest absolute Gasteiger partial charge is 0.108 e. The fraction of sp³-hybridized carbons (Fsp3) is 0.500. The van der Waals surface area contributed by atoms with Gasteiger partial charge in [-0.05, 0) is 56.2 Å². The minimum atomic E-state index is -0.608. The quantitative estimate of drug-likeness (QED) is 0.475. The number of aryl methyl sites for hydroxylation is 1. The largest absolute Gasteiger partial charge is 0.294 e. The lowest BCUT2D eigenvalue weighted by atomic mass is 9.99. The predicted octanol–water partition coefficient (Wildman–Crippen LogP) is 6.66. The average Bonchev–Trinajstić information content (AvgIpc) is 3.46. The Morgan fingerprint density at radius 3 is 2.14 bits per heavy atom. The summed E-state index contributed by atoms with van der Waals surface area (Å²) in [4.78, 5) is 2.63. The standard InChI is InChI=1S/C24H32FN.C2H3N/c1-4-22(26(18(2)3)17-20-8-6-5-7-9-20)15-12-19-10-13-21(14-11-19)23-16-24(23)25;1-2-3/h5-11,13-14,18,22-24H,4,12,15-17H2,1-3H3;1H3. The van der Waals surface area contributed by atoms with Gasteiger partial charge in [-0.25, -0.2) is 4.39 Å². The van der Waals surface area contributed by atoms with Gasteiger partial charge in [0.2, 0.25) is 0 Å². The van der Waals surface area contributed by atoms with Gasteiger partial charge in [-0.3, -0.25) is 4.90 Å². The molecule has 1 saturated carbocycles. The molecule has 156 valence electrons. The van der Waals surface area contributed by atoms with Crippen molar-refractivity contribution in [2.45, 2.75) is 84.1 Å². The first kappa shape index (κ1) is 23.1. The Bertz CT molecular complexity index is 749. The summed E-state index contributed by atoms with van der Waals surface area (Å²) < 4.78 is 13.2. The van der Waals surface area contributed by atoms with Gasteiger partial charge in [0.05, 0.1) is 6.07 Å². The maximum Gasteiger partial charge on any atom is 0.108 e. The van der Waals surface area contributed by atoms with Crippen LogP contribution in [-0.2, 0) is 13.0 Å². The molecule has 1 aliphatic carbocycles. The Morgan fingerprint density at radius 1 is 1.07 bits per heavy atom. The number of alkyl halides is 1. The second-order valence-corrected chi connectivity index (χ2v) is 8.18. The highest BCUT2D eigenvalue weighted by Crippen LogP contribution is 2.43. The zero-order valence-corrected chi connectivity index (χ0v) is 18.3. The Labute approximate surface area is 176 Å². The maximum absolute atomic E-state index is 13.2. The highest BCUT2D eigenvalue weighted by atomic mass is 19.1. The van der Waals surface area contributed by atoms with Crippen molar-refractivity contribution in [1.82, 2.24) is 4.90 Å². The molecule has 0 heterocycles. The number of hydrogen-bond acceptors (Lipinski definition) is 2. The van der Waals surface area contributed by atoms with Gasteiger partial charge in [0.1, 0.15) is 6.17 Å². The number of halogens is 1. The van der Waals surface area contributed by atoms with Crippen molar-refractivity contribution < 1.29 is 4.39 Å². The molecule has 1 aliphatic rings. The summed E-state index contributed by atoms with van der Waals surface area (Å²) in [6.07, 6.45) is 3.51. The SMILES string of the molecule is CC#N.CCC(CCc1ccc(C2CC2F)cc1)N(Cc1ccccc1)C(C)C. The lowest BCUT2D eigenvalue weighted by Crippen LogP contribution is -2.39. The van der Waals surface area contributed by atoms with Gasteiger partial charge in [0.25, 0.3) is 0 Å². The molecule has 0 aliphatic heterocycles. The molecular formula is C26H35FN2. The molecule has 0 spiro atoms. The molecule has 0 bridgehead atoms. The molecule has 0 amide bonds. The van der Waals surface area contributed by atoms with E-state index in [0.29, 0.717) is 18.5 Å². The second-order valence-electron chi connectivity index (χ2n) is 8.18. The van der Waals surface area contributed by atoms with Gasteiger partial charge in [-0.1, -0.05) is 61.5 Å². The van der Waals surface area contributed by atoms with Crippen molar-refractivity contribution in [2.24, 2.45) is 0 Å². The fourth-order valence-corrected chi connectivity index (χ4v) is 3.91. The van der Waals surface area contributed by atoms with E-state index in [2.05, 4.69) is 80.3 Å². The summed E-state index contributed by atoms with van der Waals surface area (Å²) in [5.41, 5.74) is 3.92. The Morgan fingerprint density at radius 2 is 1.66 bits per heavy atom. The second kappa shape index (κ2) is 11.7. The molecule has 2 aromatic rings. The Kier molecular flexibility index (Phi) is 9.35. The van der Waals surface area contributed by atoms with Crippen molar-refractivity contribution in [2.75, 3.05) is 0 Å². The molecule has 3 heteroatoms. The van der Waals surface area contributed by atoms with Crippen LogP contribution in [0.3, 0.4) is 0 Å². The van der Waals surface area contributed by atoms with E-state index in [4.69, 9.17) is 5.26 Å². The van der Waals surface area contributed by atoms with Gasteiger partial charge in [0.15, 0.2) is 0 Å². The fourth-order valence-electron chi connectivity index (χ4n) is 3.91. The van der Waals surface area contributed by atoms with Crippen molar-refractivity contribution >= 4 is 0 Å². The van der Waals surface area contributed by atoms with Crippen LogP contribution in [0.25, 0.3) is 0 Å². The summed E-state index contributed by atoms with van der Waals surface area (Å²) in [7, 11) is 0. The summed E-state index contributed by atoms with van der Waals surface area (Å²) in [6, 6.07) is 22.3. The highest BCUT2D eigenvalue weighted by Gasteiger charge is 2.38. The van der Waals surface area contributed by atoms with Crippen LogP contribution in [0.5, 0.6) is 0 Å². The number of nitriles is 1. The summed E-state index contributed by atoms with van der Waals surface area (Å²) in [5, 5.41) is 7.32. The molecule has 0 radical (unpaired) electrons. The summed E-state index contributed by atoms with van der Waals surface area (Å²) >= 11 is 0. The molecule has 0 saturated heterocycles. The van der Waals surface area contributed by atoms with E-state index < -0.39 is 6.17 Å². The van der Waals surface area contributed by atoms with Crippen molar-refractivity contribution in [3.8, 4) is 6.07 Å². The predicted molar refractivity (Wildman–Crippen MR) is 120 cm³/mol. The van der Waals surface area contributed by atoms with Crippen molar-refractivity contribution in [3.63, 3.8) is 0 Å². The van der Waals surface area contributed by atoms with Crippen LogP contribution < -0.4 is 0 Å². The van der Waals surface area contributed by atoms with Gasteiger partial charge in [-0.15, -0.1) is 0 Å². The van der Waals surface area contributed by atoms with Crippen LogP contribution >= 0.6 is 0 Å². The molecule has 1 fully saturated rings. The zero-order chi connectivity index (χ0) is 21.2. The maximum atomic E-state index is 13.2. The normalized spacial score (nSPS) is 18.7. The lowest BCUT2D eigenvalue weighted by molar-refractivity contribution is 0.132. The Balaban J connectivity index is 0.000000941. The van der Waals surface area contributed by atoms with Crippen LogP contribution in [0, 0.1) is 11.3 Å². The molecule has 29 heavy (non-hydrogen) atoms. The summed E-state index contributed by atoms with van der Waals surface area (Å²) in [5.74, 6) is 0.162. The van der Waals surface area contributed by atoms with Crippen LogP contribution in [0.15, 0.2) is 54.6 Å². The third-order valence-corrected chi connectivity index (χ3v) is 5.70. The first-order chi connectivity index (χ1) is 14.0. The molecule has 0 N–H and O–H groups in total. The first-order valence-electron chi connectivity index (χ1n) is 10.8. The topological polar surface area (TPSA) is 27.0 Å². The molecule has 0 aromatic heterocycles. The minimum Gasteiger partial charge on any atom is -0.294 e. The molecule has 2 nitrogen and oxygen atoms in total. The third kappa shape index (κ3) is 7.29. The van der Waals surface area contributed by atoms with E-state index in [0.717, 1.165) is 25.8 Å². The van der Waals surface area contributed by atoms with E-state index >= 15 is 0 Å². The van der Waals surface area contributed by atoms with E-state index in [9.17, 15) is 4.39 Å². The molecule has 3 rings (SSSR count). The van der Waals surface area contributed by atoms with Crippen LogP contribution in [0.1, 0.15) is 69.6 Å². The van der Waals surface area contributed by atoms with Gasteiger partial charge < -0.3 is 0 Å². The highest BCUT2D eigenvalue weighted by molar-refractivity contribution is 5.30. The molecule has 3 atom stereocenters. The van der Waals surface area contributed by atoms with E-state index in [1.165, 1.54) is 23.6 Å². The third-order valence-electron chi connectivity index (χ3n) is 5.70. The molecule has 2 aromatic carbocycles. The number of benzene rings is 2. The van der Waals surface area contributed by atoms with Crippen molar-refractivity contribution in [3.05, 3.63) is 71.3 Å². The number of nitrogens with zero attached hydrogens (tertiary/aromatic N) is 2. The van der Waals surface area contributed by atoms with Crippen molar-refractivity contribution in [1.29, 1.82) is 5.26 Å². The monoisotopic (exact) mass is 394 g/mol. The molecule has 3 unspecified atom stereocenters. The van der Waals surface area contributed by atoms with E-state index in [1.807, 2.05) is 0 Å². The number of hydrogen-bond donors (Lipinski definition) is 0. The minimum absolute atomic E-state index is 0.162. The van der Waals surface area contributed by atoms with Gasteiger partial charge >= 0.3 is 0 Å². The number of rotatable bonds is 9. The summed E-state index contributed by atoms with van der Waals surface area (Å²) in [6.45, 7) is 9.32. The van der Waals surface area contributed by atoms with E-state index in [-0.39, 0.29) is 5.92 Å². The van der Waals surface area contributed by atoms with Gasteiger partial charge in [0, 0.05) is 31.5 Å². The zero-order valence-electron chi connectivity index (χ0n) is 18.3. The van der Waals surface area contributed by atoms with E-state index in [1.54, 1.807) is 6.07 Å². The van der Waals surface area contributed by atoms with Crippen LogP contribution in [0.4, 0.5) is 4.39 Å². The van der Waals surface area contributed by atoms with Crippen LogP contribution in [-0.4, -0.2) is 23.2 Å². The van der Waals surface area contributed by atoms with Crippen LogP contribution in [0.2, 0.25) is 0 Å². The first-order valence-corrected chi connectivity index (χ1v) is 10.8. The average molecular weight is 395 g/mol. The molecular weight excluding hydrogens is 359 g/mol. The Hall–Kier alpha value is -2.18. The lowest BCUT2D eigenvalue weighted by Gasteiger charge is -2.35. The van der Waals surface area contributed by atoms with Gasteiger partial charge in [-0.2, -0.15) is 5.26 Å².